The van der Waals surface area contributed by atoms with Gasteiger partial charge in [-0.3, -0.25) is 4.79 Å². The van der Waals surface area contributed by atoms with Gasteiger partial charge in [0.2, 0.25) is 6.41 Å². The highest BCUT2D eigenvalue weighted by molar-refractivity contribution is 5.66. The lowest BCUT2D eigenvalue weighted by molar-refractivity contribution is -0.126. The first-order chi connectivity index (χ1) is 5.68. The van der Waals surface area contributed by atoms with E-state index in [1.54, 1.807) is 6.08 Å². The number of likely N-dealkylation sites (tertiary alicyclic amines) is 1. The summed E-state index contributed by atoms with van der Waals surface area (Å²) in [7, 11) is 0. The molecule has 0 saturated carbocycles. The van der Waals surface area contributed by atoms with Crippen molar-refractivity contribution in [2.45, 2.75) is 31.3 Å². The Kier molecular flexibility index (Phi) is 2.31. The molecule has 1 fully saturated rings. The van der Waals surface area contributed by atoms with E-state index in [1.807, 2.05) is 6.92 Å². The first-order valence-corrected chi connectivity index (χ1v) is 4.00. The van der Waals surface area contributed by atoms with Gasteiger partial charge in [-0.05, 0) is 19.8 Å². The Morgan fingerprint density at radius 2 is 2.25 bits per heavy atom. The SMILES string of the molecule is C=C[C@]1(C)CC[C@@H](C=O)N1C=O. The van der Waals surface area contributed by atoms with Crippen LogP contribution in [0.1, 0.15) is 19.8 Å². The second-order valence-corrected chi connectivity index (χ2v) is 3.32. The molecule has 0 aromatic heterocycles. The molecule has 1 aliphatic heterocycles. The third-order valence-electron chi connectivity index (χ3n) is 2.60. The smallest absolute Gasteiger partial charge is 0.211 e. The number of nitrogens with zero attached hydrogens (tertiary/aromatic N) is 1. The highest BCUT2D eigenvalue weighted by Gasteiger charge is 2.39. The van der Waals surface area contributed by atoms with E-state index < -0.39 is 0 Å². The van der Waals surface area contributed by atoms with Crippen molar-refractivity contribution < 1.29 is 9.59 Å². The molecule has 0 unspecified atom stereocenters. The lowest BCUT2D eigenvalue weighted by atomic mass is 10.00. The molecule has 0 aromatic carbocycles. The topological polar surface area (TPSA) is 37.4 Å². The average molecular weight is 167 g/mol. The van der Waals surface area contributed by atoms with Crippen LogP contribution in [-0.2, 0) is 9.59 Å². The molecule has 0 aromatic rings. The van der Waals surface area contributed by atoms with Gasteiger partial charge in [-0.1, -0.05) is 6.08 Å². The van der Waals surface area contributed by atoms with E-state index in [4.69, 9.17) is 0 Å². The molecule has 1 saturated heterocycles. The van der Waals surface area contributed by atoms with Gasteiger partial charge < -0.3 is 9.69 Å². The first-order valence-electron chi connectivity index (χ1n) is 4.00. The summed E-state index contributed by atoms with van der Waals surface area (Å²) < 4.78 is 0. The lowest BCUT2D eigenvalue weighted by Crippen LogP contribution is -2.43. The Labute approximate surface area is 72.0 Å². The standard InChI is InChI=1S/C9H13NO2/c1-3-9(2)5-4-8(6-11)10(9)7-12/h3,6-8H,1,4-5H2,2H3/t8-,9+/m0/s1. The van der Waals surface area contributed by atoms with Crippen LogP contribution in [0.4, 0.5) is 0 Å². The highest BCUT2D eigenvalue weighted by atomic mass is 16.1. The van der Waals surface area contributed by atoms with Crippen LogP contribution < -0.4 is 0 Å². The molecule has 0 bridgehead atoms. The van der Waals surface area contributed by atoms with Crippen molar-refractivity contribution in [1.29, 1.82) is 0 Å². The fraction of sp³-hybridized carbons (Fsp3) is 0.556. The number of aldehydes is 1. The van der Waals surface area contributed by atoms with Crippen molar-refractivity contribution in [2.75, 3.05) is 0 Å². The minimum atomic E-state index is -0.326. The summed E-state index contributed by atoms with van der Waals surface area (Å²) >= 11 is 0. The molecular weight excluding hydrogens is 154 g/mol. The Morgan fingerprint density at radius 1 is 1.58 bits per heavy atom. The highest BCUT2D eigenvalue weighted by Crippen LogP contribution is 2.32. The molecule has 0 spiro atoms. The van der Waals surface area contributed by atoms with E-state index in [2.05, 4.69) is 6.58 Å². The third-order valence-corrected chi connectivity index (χ3v) is 2.60. The molecule has 3 nitrogen and oxygen atoms in total. The molecule has 0 radical (unpaired) electrons. The molecule has 0 aliphatic carbocycles. The van der Waals surface area contributed by atoms with E-state index in [9.17, 15) is 9.59 Å². The van der Waals surface area contributed by atoms with Crippen LogP contribution >= 0.6 is 0 Å². The monoisotopic (exact) mass is 167 g/mol. The summed E-state index contributed by atoms with van der Waals surface area (Å²) in [6.07, 6.45) is 4.84. The van der Waals surface area contributed by atoms with Crippen molar-refractivity contribution >= 4 is 12.7 Å². The van der Waals surface area contributed by atoms with Crippen LogP contribution in [0.5, 0.6) is 0 Å². The fourth-order valence-electron chi connectivity index (χ4n) is 1.63. The fourth-order valence-corrected chi connectivity index (χ4v) is 1.63. The van der Waals surface area contributed by atoms with Crippen molar-refractivity contribution in [2.24, 2.45) is 0 Å². The Bertz CT molecular complexity index is 215. The zero-order valence-electron chi connectivity index (χ0n) is 7.19. The second-order valence-electron chi connectivity index (χ2n) is 3.32. The minimum absolute atomic E-state index is 0.259. The number of amides is 1. The first kappa shape index (κ1) is 8.97. The minimum Gasteiger partial charge on any atom is -0.327 e. The predicted molar refractivity (Wildman–Crippen MR) is 45.6 cm³/mol. The van der Waals surface area contributed by atoms with Gasteiger partial charge in [0.15, 0.2) is 0 Å². The van der Waals surface area contributed by atoms with Gasteiger partial charge >= 0.3 is 0 Å². The normalized spacial score (nSPS) is 34.8. The number of rotatable bonds is 3. The number of carbonyl (C=O) groups is 2. The number of carbonyl (C=O) groups excluding carboxylic acids is 2. The van der Waals surface area contributed by atoms with E-state index in [0.717, 1.165) is 25.5 Å². The van der Waals surface area contributed by atoms with Crippen LogP contribution in [0, 0.1) is 0 Å². The molecule has 1 amide bonds. The Morgan fingerprint density at radius 3 is 2.67 bits per heavy atom. The van der Waals surface area contributed by atoms with E-state index in [0.29, 0.717) is 0 Å². The maximum absolute atomic E-state index is 10.7. The molecule has 0 N–H and O–H groups in total. The number of hydrogen-bond acceptors (Lipinski definition) is 2. The Hall–Kier alpha value is -1.12. The predicted octanol–water partition coefficient (Wildman–Crippen LogP) is 0.751. The van der Waals surface area contributed by atoms with Gasteiger partial charge in [-0.2, -0.15) is 0 Å². The van der Waals surface area contributed by atoms with Crippen LogP contribution in [0.2, 0.25) is 0 Å². The van der Waals surface area contributed by atoms with Gasteiger partial charge in [0, 0.05) is 0 Å². The summed E-state index contributed by atoms with van der Waals surface area (Å²) in [6.45, 7) is 5.58. The summed E-state index contributed by atoms with van der Waals surface area (Å²) in [5, 5.41) is 0. The zero-order chi connectivity index (χ0) is 9.19. The van der Waals surface area contributed by atoms with Gasteiger partial charge in [0.05, 0.1) is 11.6 Å². The van der Waals surface area contributed by atoms with E-state index in [-0.39, 0.29) is 11.6 Å². The summed E-state index contributed by atoms with van der Waals surface area (Å²) in [5.41, 5.74) is -0.326. The molecule has 3 heteroatoms. The summed E-state index contributed by atoms with van der Waals surface area (Å²) in [4.78, 5) is 22.8. The molecule has 66 valence electrons. The van der Waals surface area contributed by atoms with Crippen LogP contribution in [0.3, 0.4) is 0 Å². The van der Waals surface area contributed by atoms with Crippen molar-refractivity contribution in [3.63, 3.8) is 0 Å². The third kappa shape index (κ3) is 1.15. The summed E-state index contributed by atoms with van der Waals surface area (Å²) in [5.74, 6) is 0. The molecule has 1 aliphatic rings. The second kappa shape index (κ2) is 3.09. The van der Waals surface area contributed by atoms with Gasteiger partial charge in [-0.15, -0.1) is 6.58 Å². The Balaban J connectivity index is 2.88. The van der Waals surface area contributed by atoms with Gasteiger partial charge in [-0.25, -0.2) is 0 Å². The molecule has 1 rings (SSSR count). The zero-order valence-corrected chi connectivity index (χ0v) is 7.19. The lowest BCUT2D eigenvalue weighted by Gasteiger charge is -2.30. The van der Waals surface area contributed by atoms with Crippen LogP contribution in [0.25, 0.3) is 0 Å². The van der Waals surface area contributed by atoms with Gasteiger partial charge in [0.1, 0.15) is 6.29 Å². The quantitative estimate of drug-likeness (QED) is 0.459. The van der Waals surface area contributed by atoms with Crippen molar-refractivity contribution in [3.8, 4) is 0 Å². The van der Waals surface area contributed by atoms with Crippen molar-refractivity contribution in [3.05, 3.63) is 12.7 Å². The molecule has 12 heavy (non-hydrogen) atoms. The average Bonchev–Trinajstić information content (AvgIpc) is 2.43. The van der Waals surface area contributed by atoms with Crippen LogP contribution in [-0.4, -0.2) is 29.2 Å². The molecular formula is C9H13NO2. The van der Waals surface area contributed by atoms with E-state index >= 15 is 0 Å². The van der Waals surface area contributed by atoms with Gasteiger partial charge in [0.25, 0.3) is 0 Å². The maximum atomic E-state index is 10.7. The summed E-state index contributed by atoms with van der Waals surface area (Å²) in [6, 6.07) is -0.259. The molecule has 2 atom stereocenters. The molecule has 1 heterocycles. The van der Waals surface area contributed by atoms with Crippen molar-refractivity contribution in [1.82, 2.24) is 4.90 Å². The van der Waals surface area contributed by atoms with E-state index in [1.165, 1.54) is 4.90 Å². The number of hydrogen-bond donors (Lipinski definition) is 0. The maximum Gasteiger partial charge on any atom is 0.211 e. The largest absolute Gasteiger partial charge is 0.327 e. The van der Waals surface area contributed by atoms with Crippen LogP contribution in [0.15, 0.2) is 12.7 Å².